The molecule has 2 aromatic rings. The van der Waals surface area contributed by atoms with Gasteiger partial charge in [0.05, 0.1) is 6.54 Å². The van der Waals surface area contributed by atoms with Gasteiger partial charge in [-0.25, -0.2) is 4.39 Å². The van der Waals surface area contributed by atoms with Gasteiger partial charge in [-0.1, -0.05) is 18.2 Å². The molecule has 4 nitrogen and oxygen atoms in total. The Bertz CT molecular complexity index is 726. The van der Waals surface area contributed by atoms with E-state index >= 15 is 0 Å². The molecule has 1 aliphatic heterocycles. The van der Waals surface area contributed by atoms with Crippen molar-refractivity contribution in [3.63, 3.8) is 0 Å². The lowest BCUT2D eigenvalue weighted by atomic mass is 10.1. The van der Waals surface area contributed by atoms with Gasteiger partial charge in [0, 0.05) is 36.6 Å². The molecular weight excluding hydrogens is 329 g/mol. The van der Waals surface area contributed by atoms with Gasteiger partial charge in [-0.2, -0.15) is 0 Å². The summed E-state index contributed by atoms with van der Waals surface area (Å²) in [6.45, 7) is 2.81. The molecule has 5 heteroatoms. The van der Waals surface area contributed by atoms with Gasteiger partial charge in [-0.15, -0.1) is 0 Å². The number of piperidine rings is 1. The predicted molar refractivity (Wildman–Crippen MR) is 104 cm³/mol. The first kappa shape index (κ1) is 18.4. The smallest absolute Gasteiger partial charge is 0.238 e. The minimum atomic E-state index is -0.243. The highest BCUT2D eigenvalue weighted by Gasteiger charge is 2.12. The molecule has 1 fully saturated rings. The number of carbonyl (C=O) groups excluding carboxylic acids is 1. The standard InChI is InChI=1S/C21H26FN3O/c1-24(15-17-7-3-4-8-20(17)22)16-21(26)23-18-9-11-19(12-10-18)25-13-5-2-6-14-25/h3-4,7-12H,2,5-6,13-16H2,1H3,(H,23,26). The number of benzene rings is 2. The predicted octanol–water partition coefficient (Wildman–Crippen LogP) is 3.89. The topological polar surface area (TPSA) is 35.6 Å². The van der Waals surface area contributed by atoms with Crippen LogP contribution in [0.25, 0.3) is 0 Å². The quantitative estimate of drug-likeness (QED) is 0.854. The van der Waals surface area contributed by atoms with Crippen LogP contribution in [-0.4, -0.2) is 37.5 Å². The third-order valence-electron chi connectivity index (χ3n) is 4.68. The molecule has 0 unspecified atom stereocenters. The van der Waals surface area contributed by atoms with E-state index in [9.17, 15) is 9.18 Å². The highest BCUT2D eigenvalue weighted by atomic mass is 19.1. The van der Waals surface area contributed by atoms with Gasteiger partial charge >= 0.3 is 0 Å². The summed E-state index contributed by atoms with van der Waals surface area (Å²) >= 11 is 0. The van der Waals surface area contributed by atoms with Crippen molar-refractivity contribution in [3.05, 3.63) is 59.9 Å². The Balaban J connectivity index is 1.50. The molecule has 0 aromatic heterocycles. The van der Waals surface area contributed by atoms with Gasteiger partial charge in [-0.05, 0) is 56.6 Å². The minimum absolute atomic E-state index is 0.102. The molecule has 138 valence electrons. The Kier molecular flexibility index (Phi) is 6.23. The lowest BCUT2D eigenvalue weighted by Crippen LogP contribution is -2.30. The highest BCUT2D eigenvalue weighted by molar-refractivity contribution is 5.92. The third-order valence-corrected chi connectivity index (χ3v) is 4.68. The zero-order valence-electron chi connectivity index (χ0n) is 15.2. The molecule has 0 radical (unpaired) electrons. The van der Waals surface area contributed by atoms with E-state index in [-0.39, 0.29) is 18.3 Å². The first-order valence-electron chi connectivity index (χ1n) is 9.18. The molecule has 3 rings (SSSR count). The number of anilines is 2. The van der Waals surface area contributed by atoms with Crippen molar-refractivity contribution in [1.29, 1.82) is 0 Å². The summed E-state index contributed by atoms with van der Waals surface area (Å²) in [6, 6.07) is 14.6. The molecule has 26 heavy (non-hydrogen) atoms. The van der Waals surface area contributed by atoms with Gasteiger partial charge < -0.3 is 10.2 Å². The van der Waals surface area contributed by atoms with Crippen LogP contribution in [0.2, 0.25) is 0 Å². The van der Waals surface area contributed by atoms with E-state index in [2.05, 4.69) is 22.3 Å². The summed E-state index contributed by atoms with van der Waals surface area (Å²) in [5.74, 6) is -0.345. The number of nitrogens with one attached hydrogen (secondary N) is 1. The molecule has 2 aromatic carbocycles. The van der Waals surface area contributed by atoms with Crippen molar-refractivity contribution in [3.8, 4) is 0 Å². The number of carbonyl (C=O) groups is 1. The average molecular weight is 355 g/mol. The summed E-state index contributed by atoms with van der Waals surface area (Å²) in [7, 11) is 1.81. The van der Waals surface area contributed by atoms with Crippen LogP contribution in [-0.2, 0) is 11.3 Å². The fourth-order valence-electron chi connectivity index (χ4n) is 3.33. The van der Waals surface area contributed by atoms with E-state index in [1.165, 1.54) is 31.0 Å². The van der Waals surface area contributed by atoms with Crippen LogP contribution < -0.4 is 10.2 Å². The molecule has 1 N–H and O–H groups in total. The van der Waals surface area contributed by atoms with Crippen LogP contribution in [0, 0.1) is 5.82 Å². The first-order chi connectivity index (χ1) is 12.6. The Morgan fingerprint density at radius 1 is 1.08 bits per heavy atom. The van der Waals surface area contributed by atoms with Crippen LogP contribution in [0.4, 0.5) is 15.8 Å². The van der Waals surface area contributed by atoms with Gasteiger partial charge in [0.2, 0.25) is 5.91 Å². The zero-order chi connectivity index (χ0) is 18.4. The molecule has 0 spiro atoms. The number of amides is 1. The van der Waals surface area contributed by atoms with Gasteiger partial charge in [0.1, 0.15) is 5.82 Å². The third kappa shape index (κ3) is 5.05. The Hall–Kier alpha value is -2.40. The second-order valence-corrected chi connectivity index (χ2v) is 6.91. The van der Waals surface area contributed by atoms with Crippen LogP contribution in [0.3, 0.4) is 0 Å². The van der Waals surface area contributed by atoms with E-state index < -0.39 is 0 Å². The van der Waals surface area contributed by atoms with Crippen molar-refractivity contribution >= 4 is 17.3 Å². The molecular formula is C21H26FN3O. The second kappa shape index (κ2) is 8.81. The maximum Gasteiger partial charge on any atom is 0.238 e. The fraction of sp³-hybridized carbons (Fsp3) is 0.381. The number of likely N-dealkylation sites (N-methyl/N-ethyl adjacent to an activating group) is 1. The van der Waals surface area contributed by atoms with E-state index in [1.54, 1.807) is 23.1 Å². The Morgan fingerprint density at radius 3 is 2.46 bits per heavy atom. The fourth-order valence-corrected chi connectivity index (χ4v) is 3.33. The summed E-state index contributed by atoms with van der Waals surface area (Å²) in [4.78, 5) is 16.4. The number of rotatable bonds is 6. The van der Waals surface area contributed by atoms with Crippen LogP contribution in [0.5, 0.6) is 0 Å². The zero-order valence-corrected chi connectivity index (χ0v) is 15.2. The van der Waals surface area contributed by atoms with Crippen LogP contribution in [0.1, 0.15) is 24.8 Å². The number of hydrogen-bond donors (Lipinski definition) is 1. The highest BCUT2D eigenvalue weighted by Crippen LogP contribution is 2.21. The monoisotopic (exact) mass is 355 g/mol. The lowest BCUT2D eigenvalue weighted by molar-refractivity contribution is -0.117. The summed E-state index contributed by atoms with van der Waals surface area (Å²) in [5.41, 5.74) is 2.59. The molecule has 1 heterocycles. The Morgan fingerprint density at radius 2 is 1.77 bits per heavy atom. The van der Waals surface area contributed by atoms with Crippen LogP contribution >= 0.6 is 0 Å². The first-order valence-corrected chi connectivity index (χ1v) is 9.18. The van der Waals surface area contributed by atoms with Crippen molar-refractivity contribution < 1.29 is 9.18 Å². The van der Waals surface area contributed by atoms with E-state index in [4.69, 9.17) is 0 Å². The largest absolute Gasteiger partial charge is 0.372 e. The number of hydrogen-bond acceptors (Lipinski definition) is 3. The molecule has 1 amide bonds. The lowest BCUT2D eigenvalue weighted by Gasteiger charge is -2.28. The molecule has 0 atom stereocenters. The summed E-state index contributed by atoms with van der Waals surface area (Å²) < 4.78 is 13.7. The van der Waals surface area contributed by atoms with E-state index in [0.29, 0.717) is 12.1 Å². The molecule has 0 bridgehead atoms. The molecule has 0 saturated carbocycles. The summed E-state index contributed by atoms with van der Waals surface area (Å²) in [6.07, 6.45) is 3.80. The average Bonchev–Trinajstić information content (AvgIpc) is 2.65. The van der Waals surface area contributed by atoms with Crippen molar-refractivity contribution in [1.82, 2.24) is 4.90 Å². The molecule has 0 aliphatic carbocycles. The molecule has 1 saturated heterocycles. The SMILES string of the molecule is CN(CC(=O)Nc1ccc(N2CCCCC2)cc1)Cc1ccccc1F. The van der Waals surface area contributed by atoms with Gasteiger partial charge in [-0.3, -0.25) is 9.69 Å². The van der Waals surface area contributed by atoms with E-state index in [1.807, 2.05) is 19.2 Å². The maximum absolute atomic E-state index is 13.7. The maximum atomic E-state index is 13.7. The summed E-state index contributed by atoms with van der Waals surface area (Å²) in [5, 5.41) is 2.91. The van der Waals surface area contributed by atoms with Crippen molar-refractivity contribution in [2.75, 3.05) is 36.9 Å². The van der Waals surface area contributed by atoms with Crippen LogP contribution in [0.15, 0.2) is 48.5 Å². The van der Waals surface area contributed by atoms with Crippen molar-refractivity contribution in [2.45, 2.75) is 25.8 Å². The normalized spacial score (nSPS) is 14.5. The Labute approximate surface area is 154 Å². The van der Waals surface area contributed by atoms with Crippen molar-refractivity contribution in [2.24, 2.45) is 0 Å². The number of halogens is 1. The molecule has 1 aliphatic rings. The van der Waals surface area contributed by atoms with Gasteiger partial charge in [0.15, 0.2) is 0 Å². The second-order valence-electron chi connectivity index (χ2n) is 6.91. The minimum Gasteiger partial charge on any atom is -0.372 e. The van der Waals surface area contributed by atoms with Gasteiger partial charge in [0.25, 0.3) is 0 Å². The number of nitrogens with zero attached hydrogens (tertiary/aromatic N) is 2. The van der Waals surface area contributed by atoms with E-state index in [0.717, 1.165) is 18.8 Å².